The molecule has 1 aromatic carbocycles. The molecule has 0 bridgehead atoms. The molecule has 0 saturated heterocycles. The molecule has 2 aromatic rings. The van der Waals surface area contributed by atoms with Crippen LogP contribution >= 0.6 is 11.3 Å². The lowest BCUT2D eigenvalue weighted by atomic mass is 10.0. The Bertz CT molecular complexity index is 664. The van der Waals surface area contributed by atoms with Crippen molar-refractivity contribution in [3.05, 3.63) is 52.0 Å². The smallest absolute Gasteiger partial charge is 0.327 e. The minimum absolute atomic E-state index is 0.0464. The summed E-state index contributed by atoms with van der Waals surface area (Å²) in [6.07, 6.45) is 2.53. The Kier molecular flexibility index (Phi) is 5.64. The standard InChI is InChI=1S/C16H17N3O2S/c1-3-13(15-18-7-8-22-15)19-14(16(20)21-2)12-6-4-5-11(9-12)10-17/h4-9,13-14,19H,3H2,1-2H3/t13-,14-/m1/s1. The molecule has 2 rings (SSSR count). The number of benzene rings is 1. The first-order valence-corrected chi connectivity index (χ1v) is 7.80. The van der Waals surface area contributed by atoms with Gasteiger partial charge in [0.05, 0.1) is 24.8 Å². The highest BCUT2D eigenvalue weighted by molar-refractivity contribution is 7.09. The second kappa shape index (κ2) is 7.69. The number of rotatable bonds is 6. The third-order valence-electron chi connectivity index (χ3n) is 3.31. The normalized spacial score (nSPS) is 13.1. The Labute approximate surface area is 133 Å². The quantitative estimate of drug-likeness (QED) is 0.829. The first-order chi connectivity index (χ1) is 10.7. The number of nitriles is 1. The average molecular weight is 315 g/mol. The lowest BCUT2D eigenvalue weighted by Gasteiger charge is -2.22. The van der Waals surface area contributed by atoms with Crippen molar-refractivity contribution in [3.8, 4) is 6.07 Å². The monoisotopic (exact) mass is 315 g/mol. The Hall–Kier alpha value is -2.23. The van der Waals surface area contributed by atoms with Crippen LogP contribution in [0.1, 0.15) is 41.6 Å². The van der Waals surface area contributed by atoms with Crippen LogP contribution in [-0.2, 0) is 9.53 Å². The van der Waals surface area contributed by atoms with Gasteiger partial charge in [-0.1, -0.05) is 19.1 Å². The van der Waals surface area contributed by atoms with Crippen LogP contribution in [0.2, 0.25) is 0 Å². The van der Waals surface area contributed by atoms with E-state index in [9.17, 15) is 4.79 Å². The SMILES string of the molecule is CC[C@@H](N[C@@H](C(=O)OC)c1cccc(C#N)c1)c1nccs1. The van der Waals surface area contributed by atoms with E-state index in [0.717, 1.165) is 11.4 Å². The first kappa shape index (κ1) is 16.1. The number of esters is 1. The zero-order valence-electron chi connectivity index (χ0n) is 12.4. The fourth-order valence-corrected chi connectivity index (χ4v) is 2.96. The van der Waals surface area contributed by atoms with E-state index in [1.54, 1.807) is 35.7 Å². The van der Waals surface area contributed by atoms with Crippen LogP contribution in [0.3, 0.4) is 0 Å². The Morgan fingerprint density at radius 1 is 1.55 bits per heavy atom. The Balaban J connectivity index is 2.30. The first-order valence-electron chi connectivity index (χ1n) is 6.93. The van der Waals surface area contributed by atoms with Gasteiger partial charge >= 0.3 is 5.97 Å². The van der Waals surface area contributed by atoms with Crippen molar-refractivity contribution in [1.82, 2.24) is 10.3 Å². The van der Waals surface area contributed by atoms with E-state index in [1.165, 1.54) is 7.11 Å². The summed E-state index contributed by atoms with van der Waals surface area (Å²) in [7, 11) is 1.36. The van der Waals surface area contributed by atoms with Crippen molar-refractivity contribution in [1.29, 1.82) is 5.26 Å². The average Bonchev–Trinajstić information content (AvgIpc) is 3.09. The maximum absolute atomic E-state index is 12.1. The topological polar surface area (TPSA) is 75.0 Å². The van der Waals surface area contributed by atoms with Gasteiger partial charge in [-0.05, 0) is 24.1 Å². The van der Waals surface area contributed by atoms with E-state index < -0.39 is 6.04 Å². The molecule has 0 unspecified atom stereocenters. The molecule has 114 valence electrons. The lowest BCUT2D eigenvalue weighted by molar-refractivity contribution is -0.143. The summed E-state index contributed by atoms with van der Waals surface area (Å²) in [5.41, 5.74) is 1.22. The van der Waals surface area contributed by atoms with E-state index in [0.29, 0.717) is 11.1 Å². The van der Waals surface area contributed by atoms with E-state index in [-0.39, 0.29) is 12.0 Å². The van der Waals surface area contributed by atoms with Crippen molar-refractivity contribution in [3.63, 3.8) is 0 Å². The predicted octanol–water partition coefficient (Wildman–Crippen LogP) is 2.97. The number of methoxy groups -OCH3 is 1. The third-order valence-corrected chi connectivity index (χ3v) is 4.20. The number of ether oxygens (including phenoxy) is 1. The number of hydrogen-bond acceptors (Lipinski definition) is 6. The van der Waals surface area contributed by atoms with E-state index in [1.807, 2.05) is 18.4 Å². The number of hydrogen-bond donors (Lipinski definition) is 1. The van der Waals surface area contributed by atoms with E-state index in [4.69, 9.17) is 10.00 Å². The molecule has 6 heteroatoms. The molecule has 0 fully saturated rings. The lowest BCUT2D eigenvalue weighted by Crippen LogP contribution is -2.32. The molecule has 1 heterocycles. The number of carbonyl (C=O) groups is 1. The van der Waals surface area contributed by atoms with E-state index in [2.05, 4.69) is 16.4 Å². The van der Waals surface area contributed by atoms with Gasteiger partial charge < -0.3 is 4.74 Å². The molecule has 0 saturated carbocycles. The van der Waals surface area contributed by atoms with Crippen LogP contribution in [0.25, 0.3) is 0 Å². The van der Waals surface area contributed by atoms with Gasteiger partial charge in [0.1, 0.15) is 11.0 Å². The van der Waals surface area contributed by atoms with E-state index >= 15 is 0 Å². The fourth-order valence-electron chi connectivity index (χ4n) is 2.18. The van der Waals surface area contributed by atoms with Gasteiger partial charge in [-0.3, -0.25) is 5.32 Å². The summed E-state index contributed by atoms with van der Waals surface area (Å²) in [5.74, 6) is -0.384. The number of nitrogens with zero attached hydrogens (tertiary/aromatic N) is 2. The van der Waals surface area contributed by atoms with Crippen LogP contribution in [0.4, 0.5) is 0 Å². The second-order valence-electron chi connectivity index (χ2n) is 4.69. The van der Waals surface area contributed by atoms with Crippen LogP contribution in [-0.4, -0.2) is 18.1 Å². The predicted molar refractivity (Wildman–Crippen MR) is 84.2 cm³/mol. The molecule has 0 radical (unpaired) electrons. The molecule has 0 aliphatic heterocycles. The van der Waals surface area contributed by atoms with Crippen molar-refractivity contribution < 1.29 is 9.53 Å². The largest absolute Gasteiger partial charge is 0.468 e. The van der Waals surface area contributed by atoms with Crippen LogP contribution in [0, 0.1) is 11.3 Å². The zero-order chi connectivity index (χ0) is 15.9. The number of thiazole rings is 1. The van der Waals surface area contributed by atoms with Crippen LogP contribution < -0.4 is 5.32 Å². The summed E-state index contributed by atoms with van der Waals surface area (Å²) in [4.78, 5) is 16.5. The molecule has 0 aliphatic rings. The third kappa shape index (κ3) is 3.70. The molecule has 0 spiro atoms. The summed E-state index contributed by atoms with van der Waals surface area (Å²) in [6.45, 7) is 2.03. The molecule has 2 atom stereocenters. The van der Waals surface area contributed by atoms with Gasteiger partial charge in [0.25, 0.3) is 0 Å². The van der Waals surface area contributed by atoms with Crippen molar-refractivity contribution in [2.75, 3.05) is 7.11 Å². The summed E-state index contributed by atoms with van der Waals surface area (Å²) >= 11 is 1.54. The van der Waals surface area contributed by atoms with Crippen molar-refractivity contribution in [2.45, 2.75) is 25.4 Å². The summed E-state index contributed by atoms with van der Waals surface area (Å²) in [6, 6.07) is 8.38. The van der Waals surface area contributed by atoms with Crippen molar-refractivity contribution in [2.24, 2.45) is 0 Å². The zero-order valence-corrected chi connectivity index (χ0v) is 13.3. The van der Waals surface area contributed by atoms with Crippen molar-refractivity contribution >= 4 is 17.3 Å². The molecule has 1 N–H and O–H groups in total. The maximum atomic E-state index is 12.1. The van der Waals surface area contributed by atoms with Gasteiger partial charge in [-0.2, -0.15) is 5.26 Å². The highest BCUT2D eigenvalue weighted by Gasteiger charge is 2.26. The van der Waals surface area contributed by atoms with Crippen LogP contribution in [0.5, 0.6) is 0 Å². The highest BCUT2D eigenvalue weighted by Crippen LogP contribution is 2.25. The number of aromatic nitrogens is 1. The molecule has 0 amide bonds. The minimum Gasteiger partial charge on any atom is -0.468 e. The molecule has 1 aromatic heterocycles. The molecule has 22 heavy (non-hydrogen) atoms. The molecular weight excluding hydrogens is 298 g/mol. The Morgan fingerprint density at radius 2 is 2.36 bits per heavy atom. The Morgan fingerprint density at radius 3 is 2.95 bits per heavy atom. The van der Waals surface area contributed by atoms with Crippen LogP contribution in [0.15, 0.2) is 35.8 Å². The molecular formula is C16H17N3O2S. The molecule has 5 nitrogen and oxygen atoms in total. The van der Waals surface area contributed by atoms with Gasteiger partial charge in [-0.25, -0.2) is 9.78 Å². The molecule has 0 aliphatic carbocycles. The minimum atomic E-state index is -0.632. The maximum Gasteiger partial charge on any atom is 0.327 e. The number of carbonyl (C=O) groups excluding carboxylic acids is 1. The van der Waals surface area contributed by atoms with Gasteiger partial charge in [0.15, 0.2) is 0 Å². The summed E-state index contributed by atoms with van der Waals surface area (Å²) in [5, 5.41) is 15.1. The van der Waals surface area contributed by atoms with Gasteiger partial charge in [0, 0.05) is 11.6 Å². The number of nitrogens with one attached hydrogen (secondary N) is 1. The fraction of sp³-hybridized carbons (Fsp3) is 0.312. The highest BCUT2D eigenvalue weighted by atomic mass is 32.1. The van der Waals surface area contributed by atoms with Gasteiger partial charge in [-0.15, -0.1) is 11.3 Å². The second-order valence-corrected chi connectivity index (χ2v) is 5.62. The summed E-state index contributed by atoms with van der Waals surface area (Å²) < 4.78 is 4.90. The van der Waals surface area contributed by atoms with Gasteiger partial charge in [0.2, 0.25) is 0 Å².